The topological polar surface area (TPSA) is 33.5 Å². The molecule has 0 atom stereocenters. The molecule has 0 amide bonds. The summed E-state index contributed by atoms with van der Waals surface area (Å²) in [5.74, 6) is 0.919. The highest BCUT2D eigenvalue weighted by Crippen LogP contribution is 2.16. The van der Waals surface area contributed by atoms with Gasteiger partial charge in [0.1, 0.15) is 5.75 Å². The van der Waals surface area contributed by atoms with Crippen molar-refractivity contribution < 1.29 is 4.74 Å². The maximum absolute atomic E-state index is 5.23. The molecule has 27 heavy (non-hydrogen) atoms. The molecule has 2 heterocycles. The summed E-state index contributed by atoms with van der Waals surface area (Å²) in [6.07, 6.45) is 3.77. The summed E-state index contributed by atoms with van der Waals surface area (Å²) in [5, 5.41) is 4.28. The van der Waals surface area contributed by atoms with E-state index in [9.17, 15) is 0 Å². The van der Waals surface area contributed by atoms with Gasteiger partial charge in [-0.25, -0.2) is 4.68 Å². The van der Waals surface area contributed by atoms with Gasteiger partial charge in [0.25, 0.3) is 0 Å². The molecular weight excluding hydrogens is 336 g/mol. The normalized spacial score (nSPS) is 15.7. The lowest BCUT2D eigenvalue weighted by Crippen LogP contribution is -2.45. The third-order valence-corrected chi connectivity index (χ3v) is 5.14. The van der Waals surface area contributed by atoms with Gasteiger partial charge < -0.3 is 4.74 Å². The van der Waals surface area contributed by atoms with E-state index in [2.05, 4.69) is 51.3 Å². The Hall–Kier alpha value is -2.63. The van der Waals surface area contributed by atoms with Gasteiger partial charge in [0.2, 0.25) is 0 Å². The van der Waals surface area contributed by atoms with Crippen molar-refractivity contribution in [2.45, 2.75) is 13.1 Å². The van der Waals surface area contributed by atoms with E-state index in [1.165, 1.54) is 11.1 Å². The molecule has 1 aliphatic rings. The molecule has 0 unspecified atom stereocenters. The number of aromatic nitrogens is 2. The lowest BCUT2D eigenvalue weighted by molar-refractivity contribution is 0.122. The first kappa shape index (κ1) is 17.8. The molecule has 0 aliphatic carbocycles. The molecular formula is C22H26N4O. The maximum atomic E-state index is 5.23. The van der Waals surface area contributed by atoms with Crippen molar-refractivity contribution in [3.8, 4) is 11.4 Å². The molecule has 0 radical (unpaired) electrons. The first-order chi connectivity index (χ1) is 13.3. The molecule has 3 aromatic rings. The van der Waals surface area contributed by atoms with Crippen LogP contribution in [0.1, 0.15) is 11.1 Å². The number of ether oxygens (including phenoxy) is 1. The molecule has 1 fully saturated rings. The number of nitrogens with zero attached hydrogens (tertiary/aromatic N) is 4. The van der Waals surface area contributed by atoms with Crippen LogP contribution in [0.25, 0.3) is 5.69 Å². The summed E-state index contributed by atoms with van der Waals surface area (Å²) < 4.78 is 7.12. The molecule has 0 spiro atoms. The second kappa shape index (κ2) is 8.37. The molecule has 1 saturated heterocycles. The van der Waals surface area contributed by atoms with Crippen LogP contribution in [0.4, 0.5) is 0 Å². The first-order valence-electron chi connectivity index (χ1n) is 9.47. The molecule has 5 heteroatoms. The van der Waals surface area contributed by atoms with Gasteiger partial charge in [-0.3, -0.25) is 9.80 Å². The van der Waals surface area contributed by atoms with Crippen molar-refractivity contribution in [3.63, 3.8) is 0 Å². The minimum absolute atomic E-state index is 0.919. The third kappa shape index (κ3) is 4.56. The smallest absolute Gasteiger partial charge is 0.118 e. The van der Waals surface area contributed by atoms with Gasteiger partial charge in [0.05, 0.1) is 12.8 Å². The number of piperazine rings is 1. The molecule has 5 nitrogen and oxygen atoms in total. The number of methoxy groups -OCH3 is 1. The predicted molar refractivity (Wildman–Crippen MR) is 107 cm³/mol. The van der Waals surface area contributed by atoms with Gasteiger partial charge in [-0.1, -0.05) is 24.3 Å². The zero-order valence-corrected chi connectivity index (χ0v) is 15.8. The summed E-state index contributed by atoms with van der Waals surface area (Å²) in [6, 6.07) is 19.0. The van der Waals surface area contributed by atoms with E-state index in [0.717, 1.165) is 50.7 Å². The minimum Gasteiger partial charge on any atom is -0.497 e. The van der Waals surface area contributed by atoms with Gasteiger partial charge in [0.15, 0.2) is 0 Å². The fourth-order valence-corrected chi connectivity index (χ4v) is 3.53. The monoisotopic (exact) mass is 362 g/mol. The van der Waals surface area contributed by atoms with Crippen molar-refractivity contribution in [3.05, 3.63) is 78.1 Å². The molecule has 1 aromatic heterocycles. The lowest BCUT2D eigenvalue weighted by atomic mass is 10.1. The van der Waals surface area contributed by atoms with Crippen LogP contribution in [-0.4, -0.2) is 52.9 Å². The molecule has 0 saturated carbocycles. The van der Waals surface area contributed by atoms with Gasteiger partial charge in [0, 0.05) is 51.7 Å². The Balaban J connectivity index is 1.26. The predicted octanol–water partition coefficient (Wildman–Crippen LogP) is 3.20. The fraction of sp³-hybridized carbons (Fsp3) is 0.318. The maximum Gasteiger partial charge on any atom is 0.118 e. The average molecular weight is 362 g/mol. The van der Waals surface area contributed by atoms with Crippen molar-refractivity contribution in [1.82, 2.24) is 19.6 Å². The zero-order valence-electron chi connectivity index (χ0n) is 15.8. The number of hydrogen-bond acceptors (Lipinski definition) is 4. The van der Waals surface area contributed by atoms with Crippen LogP contribution < -0.4 is 4.74 Å². The second-order valence-corrected chi connectivity index (χ2v) is 7.02. The molecule has 0 bridgehead atoms. The molecule has 0 N–H and O–H groups in total. The van der Waals surface area contributed by atoms with Crippen LogP contribution in [0.2, 0.25) is 0 Å². The lowest BCUT2D eigenvalue weighted by Gasteiger charge is -2.34. The van der Waals surface area contributed by atoms with Crippen LogP contribution in [-0.2, 0) is 13.1 Å². The quantitative estimate of drug-likeness (QED) is 0.674. The first-order valence-corrected chi connectivity index (χ1v) is 9.47. The van der Waals surface area contributed by atoms with E-state index in [4.69, 9.17) is 4.74 Å². The van der Waals surface area contributed by atoms with Crippen LogP contribution in [0, 0.1) is 0 Å². The highest BCUT2D eigenvalue weighted by molar-refractivity contribution is 5.33. The fourth-order valence-electron chi connectivity index (χ4n) is 3.53. The van der Waals surface area contributed by atoms with Crippen LogP contribution in [0.3, 0.4) is 0 Å². The Morgan fingerprint density at radius 2 is 1.37 bits per heavy atom. The SMILES string of the molecule is COc1ccc(CN2CCN(Cc3ccc(-n4cccn4)cc3)CC2)cc1. The Kier molecular flexibility index (Phi) is 5.51. The van der Waals surface area contributed by atoms with Gasteiger partial charge in [-0.15, -0.1) is 0 Å². The molecule has 4 rings (SSSR count). The third-order valence-electron chi connectivity index (χ3n) is 5.14. The standard InChI is InChI=1S/C22H26N4O/c1-27-22-9-5-20(6-10-22)18-25-15-13-24(14-16-25)17-19-3-7-21(8-4-19)26-12-2-11-23-26/h2-12H,13-18H2,1H3. The number of rotatable bonds is 6. The Morgan fingerprint density at radius 3 is 1.85 bits per heavy atom. The summed E-state index contributed by atoms with van der Waals surface area (Å²) in [5.41, 5.74) is 3.81. The summed E-state index contributed by atoms with van der Waals surface area (Å²) in [6.45, 7) is 6.45. The van der Waals surface area contributed by atoms with Crippen molar-refractivity contribution >= 4 is 0 Å². The van der Waals surface area contributed by atoms with E-state index < -0.39 is 0 Å². The molecule has 1 aliphatic heterocycles. The van der Waals surface area contributed by atoms with Gasteiger partial charge in [-0.05, 0) is 41.5 Å². The van der Waals surface area contributed by atoms with Crippen molar-refractivity contribution in [2.24, 2.45) is 0 Å². The van der Waals surface area contributed by atoms with Crippen LogP contribution in [0.15, 0.2) is 67.0 Å². The van der Waals surface area contributed by atoms with Crippen LogP contribution in [0.5, 0.6) is 5.75 Å². The second-order valence-electron chi connectivity index (χ2n) is 7.02. The molecule has 2 aromatic carbocycles. The number of hydrogen-bond donors (Lipinski definition) is 0. The average Bonchev–Trinajstić information content (AvgIpc) is 3.26. The van der Waals surface area contributed by atoms with Crippen molar-refractivity contribution in [2.75, 3.05) is 33.3 Å². The number of benzene rings is 2. The summed E-state index contributed by atoms with van der Waals surface area (Å²) in [4.78, 5) is 5.06. The Morgan fingerprint density at radius 1 is 0.815 bits per heavy atom. The van der Waals surface area contributed by atoms with Crippen LogP contribution >= 0.6 is 0 Å². The largest absolute Gasteiger partial charge is 0.497 e. The highest BCUT2D eigenvalue weighted by atomic mass is 16.5. The Bertz CT molecular complexity index is 820. The van der Waals surface area contributed by atoms with E-state index in [0.29, 0.717) is 0 Å². The minimum atomic E-state index is 0.919. The summed E-state index contributed by atoms with van der Waals surface area (Å²) in [7, 11) is 1.71. The summed E-state index contributed by atoms with van der Waals surface area (Å²) >= 11 is 0. The van der Waals surface area contributed by atoms with Gasteiger partial charge in [-0.2, -0.15) is 5.10 Å². The van der Waals surface area contributed by atoms with E-state index in [-0.39, 0.29) is 0 Å². The zero-order chi connectivity index (χ0) is 18.5. The van der Waals surface area contributed by atoms with E-state index in [1.54, 1.807) is 13.3 Å². The van der Waals surface area contributed by atoms with Gasteiger partial charge >= 0.3 is 0 Å². The van der Waals surface area contributed by atoms with Crippen molar-refractivity contribution in [1.29, 1.82) is 0 Å². The highest BCUT2D eigenvalue weighted by Gasteiger charge is 2.17. The molecule has 140 valence electrons. The Labute approximate surface area is 160 Å². The van der Waals surface area contributed by atoms with E-state index in [1.807, 2.05) is 29.1 Å². The van der Waals surface area contributed by atoms with E-state index >= 15 is 0 Å².